The van der Waals surface area contributed by atoms with Gasteiger partial charge in [-0.05, 0) is 51.4 Å². The lowest BCUT2D eigenvalue weighted by molar-refractivity contribution is 0.352. The highest BCUT2D eigenvalue weighted by molar-refractivity contribution is 8.00. The predicted molar refractivity (Wildman–Crippen MR) is 77.8 cm³/mol. The highest BCUT2D eigenvalue weighted by Gasteiger charge is 2.31. The molecule has 1 heterocycles. The molecule has 0 spiro atoms. The van der Waals surface area contributed by atoms with Gasteiger partial charge in [0.15, 0.2) is 0 Å². The molecule has 2 aliphatic rings. The van der Waals surface area contributed by atoms with E-state index >= 15 is 0 Å². The predicted octanol–water partition coefficient (Wildman–Crippen LogP) is 2.78. The lowest BCUT2D eigenvalue weighted by Crippen LogP contribution is -2.43. The molecule has 0 aromatic rings. The van der Waals surface area contributed by atoms with Crippen LogP contribution in [0.3, 0.4) is 0 Å². The Hall–Kier alpha value is 0.270. The first-order chi connectivity index (χ1) is 8.35. The minimum atomic E-state index is 0.554. The SMILES string of the molecule is CSC1(CNC2CCCNCC2)CCCCC1. The van der Waals surface area contributed by atoms with Crippen LogP contribution in [0.5, 0.6) is 0 Å². The van der Waals surface area contributed by atoms with E-state index in [0.29, 0.717) is 4.75 Å². The van der Waals surface area contributed by atoms with Gasteiger partial charge >= 0.3 is 0 Å². The average molecular weight is 256 g/mol. The van der Waals surface area contributed by atoms with Crippen molar-refractivity contribution in [2.75, 3.05) is 25.9 Å². The molecule has 2 N–H and O–H groups in total. The maximum Gasteiger partial charge on any atom is 0.0281 e. The van der Waals surface area contributed by atoms with Gasteiger partial charge in [0.25, 0.3) is 0 Å². The van der Waals surface area contributed by atoms with Gasteiger partial charge in [0.2, 0.25) is 0 Å². The summed E-state index contributed by atoms with van der Waals surface area (Å²) in [4.78, 5) is 0. The summed E-state index contributed by atoms with van der Waals surface area (Å²) < 4.78 is 0.554. The van der Waals surface area contributed by atoms with Crippen LogP contribution >= 0.6 is 11.8 Å². The molecule has 17 heavy (non-hydrogen) atoms. The third kappa shape index (κ3) is 4.15. The van der Waals surface area contributed by atoms with Crippen LogP contribution in [0.1, 0.15) is 51.4 Å². The fraction of sp³-hybridized carbons (Fsp3) is 1.00. The van der Waals surface area contributed by atoms with Crippen molar-refractivity contribution in [3.8, 4) is 0 Å². The van der Waals surface area contributed by atoms with Crippen LogP contribution in [0, 0.1) is 0 Å². The second-order valence-corrected chi connectivity index (χ2v) is 6.98. The molecular formula is C14H28N2S. The molecule has 1 atom stereocenters. The average Bonchev–Trinajstić information content (AvgIpc) is 2.66. The van der Waals surface area contributed by atoms with Crippen LogP contribution in [0.4, 0.5) is 0 Å². The summed E-state index contributed by atoms with van der Waals surface area (Å²) in [6.45, 7) is 3.65. The van der Waals surface area contributed by atoms with Gasteiger partial charge in [0.1, 0.15) is 0 Å². The van der Waals surface area contributed by atoms with Crippen LogP contribution in [0.15, 0.2) is 0 Å². The van der Waals surface area contributed by atoms with Crippen LogP contribution in [-0.4, -0.2) is 36.7 Å². The Morgan fingerprint density at radius 3 is 2.71 bits per heavy atom. The minimum Gasteiger partial charge on any atom is -0.317 e. The van der Waals surface area contributed by atoms with Crippen molar-refractivity contribution in [2.45, 2.75) is 62.2 Å². The molecule has 2 nitrogen and oxygen atoms in total. The molecule has 3 heteroatoms. The van der Waals surface area contributed by atoms with Gasteiger partial charge in [-0.2, -0.15) is 11.8 Å². The first-order valence-electron chi connectivity index (χ1n) is 7.34. The molecular weight excluding hydrogens is 228 g/mol. The molecule has 1 saturated heterocycles. The Balaban J connectivity index is 1.77. The van der Waals surface area contributed by atoms with E-state index in [1.807, 2.05) is 0 Å². The monoisotopic (exact) mass is 256 g/mol. The normalized spacial score (nSPS) is 29.8. The smallest absolute Gasteiger partial charge is 0.0281 e. The number of rotatable bonds is 4. The van der Waals surface area contributed by atoms with E-state index in [2.05, 4.69) is 28.7 Å². The zero-order chi connectivity index (χ0) is 12.0. The van der Waals surface area contributed by atoms with E-state index in [9.17, 15) is 0 Å². The van der Waals surface area contributed by atoms with Crippen molar-refractivity contribution in [1.82, 2.24) is 10.6 Å². The Morgan fingerprint density at radius 1 is 1.12 bits per heavy atom. The third-order valence-corrected chi connectivity index (χ3v) is 5.91. The quantitative estimate of drug-likeness (QED) is 0.809. The third-order valence-electron chi connectivity index (χ3n) is 4.49. The Labute approximate surface area is 111 Å². The lowest BCUT2D eigenvalue weighted by Gasteiger charge is -2.37. The highest BCUT2D eigenvalue weighted by atomic mass is 32.2. The van der Waals surface area contributed by atoms with Gasteiger partial charge in [0.05, 0.1) is 0 Å². The zero-order valence-electron chi connectivity index (χ0n) is 11.3. The largest absolute Gasteiger partial charge is 0.317 e. The number of hydrogen-bond donors (Lipinski definition) is 2. The van der Waals surface area contributed by atoms with E-state index in [0.717, 1.165) is 6.04 Å². The second-order valence-electron chi connectivity index (χ2n) is 5.71. The number of hydrogen-bond acceptors (Lipinski definition) is 3. The van der Waals surface area contributed by atoms with Gasteiger partial charge < -0.3 is 10.6 Å². The van der Waals surface area contributed by atoms with Crippen molar-refractivity contribution in [3.63, 3.8) is 0 Å². The zero-order valence-corrected chi connectivity index (χ0v) is 12.1. The van der Waals surface area contributed by atoms with Crippen LogP contribution in [0.25, 0.3) is 0 Å². The molecule has 1 aliphatic carbocycles. The molecule has 2 fully saturated rings. The molecule has 0 amide bonds. The van der Waals surface area contributed by atoms with Gasteiger partial charge in [-0.1, -0.05) is 19.3 Å². The van der Waals surface area contributed by atoms with Crippen LogP contribution in [0.2, 0.25) is 0 Å². The Morgan fingerprint density at radius 2 is 1.94 bits per heavy atom. The summed E-state index contributed by atoms with van der Waals surface area (Å²) in [7, 11) is 0. The van der Waals surface area contributed by atoms with Crippen molar-refractivity contribution >= 4 is 11.8 Å². The van der Waals surface area contributed by atoms with E-state index in [1.165, 1.54) is 71.0 Å². The number of nitrogens with one attached hydrogen (secondary N) is 2. The van der Waals surface area contributed by atoms with Crippen molar-refractivity contribution in [1.29, 1.82) is 0 Å². The van der Waals surface area contributed by atoms with Gasteiger partial charge in [-0.3, -0.25) is 0 Å². The summed E-state index contributed by atoms with van der Waals surface area (Å²) in [5.74, 6) is 0. The Kier molecular flexibility index (Phi) is 5.64. The summed E-state index contributed by atoms with van der Waals surface area (Å²) in [6, 6.07) is 0.760. The molecule has 0 bridgehead atoms. The minimum absolute atomic E-state index is 0.554. The van der Waals surface area contributed by atoms with E-state index in [4.69, 9.17) is 0 Å². The second kappa shape index (κ2) is 7.01. The van der Waals surface area contributed by atoms with E-state index < -0.39 is 0 Å². The first-order valence-corrected chi connectivity index (χ1v) is 8.56. The molecule has 100 valence electrons. The highest BCUT2D eigenvalue weighted by Crippen LogP contribution is 2.38. The molecule has 2 rings (SSSR count). The number of thioether (sulfide) groups is 1. The maximum atomic E-state index is 3.86. The molecule has 1 unspecified atom stereocenters. The van der Waals surface area contributed by atoms with Crippen LogP contribution in [-0.2, 0) is 0 Å². The molecule has 0 radical (unpaired) electrons. The van der Waals surface area contributed by atoms with Gasteiger partial charge in [0, 0.05) is 17.3 Å². The fourth-order valence-electron chi connectivity index (χ4n) is 3.20. The summed E-state index contributed by atoms with van der Waals surface area (Å²) >= 11 is 2.11. The molecule has 1 aliphatic heterocycles. The lowest BCUT2D eigenvalue weighted by atomic mass is 9.88. The standard InChI is InChI=1S/C14H28N2S/c1-17-14(8-3-2-4-9-14)12-16-13-6-5-10-15-11-7-13/h13,15-16H,2-12H2,1H3. The fourth-order valence-corrected chi connectivity index (χ4v) is 4.13. The summed E-state index contributed by atoms with van der Waals surface area (Å²) in [6.07, 6.45) is 13.5. The van der Waals surface area contributed by atoms with Crippen molar-refractivity contribution in [2.24, 2.45) is 0 Å². The van der Waals surface area contributed by atoms with Crippen molar-refractivity contribution < 1.29 is 0 Å². The van der Waals surface area contributed by atoms with Crippen molar-refractivity contribution in [3.05, 3.63) is 0 Å². The summed E-state index contributed by atoms with van der Waals surface area (Å²) in [5.41, 5.74) is 0. The van der Waals surface area contributed by atoms with Gasteiger partial charge in [-0.15, -0.1) is 0 Å². The maximum absolute atomic E-state index is 3.86. The molecule has 0 aromatic heterocycles. The molecule has 1 saturated carbocycles. The van der Waals surface area contributed by atoms with E-state index in [1.54, 1.807) is 0 Å². The molecule has 0 aromatic carbocycles. The topological polar surface area (TPSA) is 24.1 Å². The first kappa shape index (κ1) is 13.7. The van der Waals surface area contributed by atoms with Gasteiger partial charge in [-0.25, -0.2) is 0 Å². The summed E-state index contributed by atoms with van der Waals surface area (Å²) in [5, 5.41) is 7.36. The van der Waals surface area contributed by atoms with Crippen LogP contribution < -0.4 is 10.6 Å². The van der Waals surface area contributed by atoms with E-state index in [-0.39, 0.29) is 0 Å². The Bertz CT molecular complexity index is 206.